The average molecular weight is 254 g/mol. The SMILES string of the molecule is NCC1CCN(C(=O)c2ccc(Cl)cn2)CC1. The van der Waals surface area contributed by atoms with Crippen LogP contribution < -0.4 is 5.73 Å². The minimum absolute atomic E-state index is 0.0165. The molecule has 0 aromatic carbocycles. The van der Waals surface area contributed by atoms with Crippen molar-refractivity contribution < 1.29 is 4.79 Å². The number of hydrogen-bond acceptors (Lipinski definition) is 3. The third kappa shape index (κ3) is 2.96. The fourth-order valence-electron chi connectivity index (χ4n) is 2.04. The van der Waals surface area contributed by atoms with E-state index in [9.17, 15) is 4.79 Å². The van der Waals surface area contributed by atoms with Gasteiger partial charge in [-0.05, 0) is 37.4 Å². The zero-order chi connectivity index (χ0) is 12.3. The van der Waals surface area contributed by atoms with Crippen molar-refractivity contribution in [3.05, 3.63) is 29.0 Å². The molecule has 92 valence electrons. The summed E-state index contributed by atoms with van der Waals surface area (Å²) < 4.78 is 0. The Morgan fingerprint density at radius 1 is 1.47 bits per heavy atom. The highest BCUT2D eigenvalue weighted by molar-refractivity contribution is 6.30. The van der Waals surface area contributed by atoms with Gasteiger partial charge in [0.15, 0.2) is 0 Å². The molecule has 0 spiro atoms. The fraction of sp³-hybridized carbons (Fsp3) is 0.500. The third-order valence-corrected chi connectivity index (χ3v) is 3.41. The summed E-state index contributed by atoms with van der Waals surface area (Å²) in [7, 11) is 0. The lowest BCUT2D eigenvalue weighted by atomic mass is 9.97. The van der Waals surface area contributed by atoms with Gasteiger partial charge in [0, 0.05) is 19.3 Å². The van der Waals surface area contributed by atoms with Crippen molar-refractivity contribution in [2.24, 2.45) is 11.7 Å². The number of piperidine rings is 1. The fourth-order valence-corrected chi connectivity index (χ4v) is 2.15. The summed E-state index contributed by atoms with van der Waals surface area (Å²) in [4.78, 5) is 18.0. The van der Waals surface area contributed by atoms with Crippen LogP contribution in [0.15, 0.2) is 18.3 Å². The maximum atomic E-state index is 12.1. The highest BCUT2D eigenvalue weighted by Crippen LogP contribution is 2.17. The van der Waals surface area contributed by atoms with E-state index >= 15 is 0 Å². The number of aromatic nitrogens is 1. The summed E-state index contributed by atoms with van der Waals surface area (Å²) in [5.74, 6) is 0.536. The van der Waals surface area contributed by atoms with Crippen LogP contribution in [0.3, 0.4) is 0 Å². The van der Waals surface area contributed by atoms with Gasteiger partial charge in [0.1, 0.15) is 5.69 Å². The van der Waals surface area contributed by atoms with E-state index < -0.39 is 0 Å². The van der Waals surface area contributed by atoms with Gasteiger partial charge < -0.3 is 10.6 Å². The Balaban J connectivity index is 1.99. The number of nitrogens with zero attached hydrogens (tertiary/aromatic N) is 2. The zero-order valence-corrected chi connectivity index (χ0v) is 10.4. The van der Waals surface area contributed by atoms with E-state index in [1.807, 2.05) is 4.90 Å². The van der Waals surface area contributed by atoms with Gasteiger partial charge in [-0.1, -0.05) is 11.6 Å². The van der Waals surface area contributed by atoms with Crippen molar-refractivity contribution in [1.82, 2.24) is 9.88 Å². The van der Waals surface area contributed by atoms with Crippen LogP contribution in [0.25, 0.3) is 0 Å². The number of amides is 1. The lowest BCUT2D eigenvalue weighted by Gasteiger charge is -2.31. The number of halogens is 1. The number of carbonyl (C=O) groups is 1. The lowest BCUT2D eigenvalue weighted by Crippen LogP contribution is -2.40. The molecule has 1 aliphatic heterocycles. The minimum Gasteiger partial charge on any atom is -0.337 e. The van der Waals surface area contributed by atoms with Crippen LogP contribution in [0.2, 0.25) is 5.02 Å². The number of carbonyl (C=O) groups excluding carboxylic acids is 1. The predicted octanol–water partition coefficient (Wildman–Crippen LogP) is 1.55. The molecular weight excluding hydrogens is 238 g/mol. The van der Waals surface area contributed by atoms with Crippen LogP contribution in [0.1, 0.15) is 23.3 Å². The Kier molecular flexibility index (Phi) is 3.97. The predicted molar refractivity (Wildman–Crippen MR) is 66.9 cm³/mol. The molecule has 0 radical (unpaired) electrons. The van der Waals surface area contributed by atoms with Gasteiger partial charge in [0.2, 0.25) is 0 Å². The molecule has 0 saturated carbocycles. The van der Waals surface area contributed by atoms with Crippen molar-refractivity contribution in [1.29, 1.82) is 0 Å². The summed E-state index contributed by atoms with van der Waals surface area (Å²) in [6, 6.07) is 3.36. The van der Waals surface area contributed by atoms with Crippen LogP contribution in [0, 0.1) is 5.92 Å². The molecule has 1 saturated heterocycles. The van der Waals surface area contributed by atoms with Crippen molar-refractivity contribution >= 4 is 17.5 Å². The molecule has 0 aliphatic carbocycles. The molecule has 2 N–H and O–H groups in total. The molecule has 4 nitrogen and oxygen atoms in total. The van der Waals surface area contributed by atoms with Gasteiger partial charge in [0.05, 0.1) is 5.02 Å². The van der Waals surface area contributed by atoms with Gasteiger partial charge in [0.25, 0.3) is 5.91 Å². The molecule has 1 fully saturated rings. The molecule has 2 heterocycles. The Morgan fingerprint density at radius 3 is 2.71 bits per heavy atom. The van der Waals surface area contributed by atoms with E-state index in [2.05, 4.69) is 4.98 Å². The first-order valence-corrected chi connectivity index (χ1v) is 6.19. The largest absolute Gasteiger partial charge is 0.337 e. The monoisotopic (exact) mass is 253 g/mol. The number of likely N-dealkylation sites (tertiary alicyclic amines) is 1. The molecule has 0 atom stereocenters. The molecule has 1 amide bonds. The van der Waals surface area contributed by atoms with E-state index in [1.54, 1.807) is 12.1 Å². The van der Waals surface area contributed by atoms with Crippen LogP contribution in [-0.2, 0) is 0 Å². The summed E-state index contributed by atoms with van der Waals surface area (Å²) in [6.07, 6.45) is 3.47. The topological polar surface area (TPSA) is 59.2 Å². The van der Waals surface area contributed by atoms with Crippen molar-refractivity contribution in [3.63, 3.8) is 0 Å². The minimum atomic E-state index is -0.0165. The Hall–Kier alpha value is -1.13. The number of pyridine rings is 1. The molecule has 1 aliphatic rings. The molecule has 1 aromatic rings. The maximum Gasteiger partial charge on any atom is 0.272 e. The highest BCUT2D eigenvalue weighted by atomic mass is 35.5. The molecule has 2 rings (SSSR count). The van der Waals surface area contributed by atoms with E-state index in [-0.39, 0.29) is 5.91 Å². The van der Waals surface area contributed by atoms with Crippen LogP contribution in [0.4, 0.5) is 0 Å². The molecule has 1 aromatic heterocycles. The third-order valence-electron chi connectivity index (χ3n) is 3.18. The van der Waals surface area contributed by atoms with Crippen molar-refractivity contribution in [2.75, 3.05) is 19.6 Å². The number of hydrogen-bond donors (Lipinski definition) is 1. The van der Waals surface area contributed by atoms with E-state index in [1.165, 1.54) is 6.20 Å². The van der Waals surface area contributed by atoms with Gasteiger partial charge >= 0.3 is 0 Å². The van der Waals surface area contributed by atoms with Crippen molar-refractivity contribution in [2.45, 2.75) is 12.8 Å². The van der Waals surface area contributed by atoms with Gasteiger partial charge in [-0.25, -0.2) is 4.98 Å². The van der Waals surface area contributed by atoms with Gasteiger partial charge in [-0.2, -0.15) is 0 Å². The summed E-state index contributed by atoms with van der Waals surface area (Å²) >= 11 is 5.74. The van der Waals surface area contributed by atoms with Crippen LogP contribution in [-0.4, -0.2) is 35.4 Å². The first-order valence-electron chi connectivity index (χ1n) is 5.81. The van der Waals surface area contributed by atoms with Crippen LogP contribution >= 0.6 is 11.6 Å². The average Bonchev–Trinajstić information content (AvgIpc) is 2.39. The van der Waals surface area contributed by atoms with E-state index in [4.69, 9.17) is 17.3 Å². The van der Waals surface area contributed by atoms with Gasteiger partial charge in [-0.3, -0.25) is 4.79 Å². The quantitative estimate of drug-likeness (QED) is 0.870. The van der Waals surface area contributed by atoms with E-state index in [0.29, 0.717) is 23.2 Å². The summed E-state index contributed by atoms with van der Waals surface area (Å²) in [6.45, 7) is 2.25. The highest BCUT2D eigenvalue weighted by Gasteiger charge is 2.23. The maximum absolute atomic E-state index is 12.1. The molecule has 0 bridgehead atoms. The smallest absolute Gasteiger partial charge is 0.272 e. The second kappa shape index (κ2) is 5.47. The first kappa shape index (κ1) is 12.3. The normalized spacial score (nSPS) is 17.2. The second-order valence-electron chi connectivity index (χ2n) is 4.33. The number of rotatable bonds is 2. The Labute approximate surface area is 106 Å². The Morgan fingerprint density at radius 2 is 2.18 bits per heavy atom. The lowest BCUT2D eigenvalue weighted by molar-refractivity contribution is 0.0687. The standard InChI is InChI=1S/C12H16ClN3O/c13-10-1-2-11(15-8-10)12(17)16-5-3-9(7-14)4-6-16/h1-2,8-9H,3-7,14H2. The van der Waals surface area contributed by atoms with Crippen molar-refractivity contribution in [3.8, 4) is 0 Å². The first-order chi connectivity index (χ1) is 8.20. The molecular formula is C12H16ClN3O. The summed E-state index contributed by atoms with van der Waals surface area (Å²) in [5, 5.41) is 0.545. The van der Waals surface area contributed by atoms with E-state index in [0.717, 1.165) is 25.9 Å². The van der Waals surface area contributed by atoms with Crippen LogP contribution in [0.5, 0.6) is 0 Å². The summed E-state index contributed by atoms with van der Waals surface area (Å²) in [5.41, 5.74) is 6.08. The molecule has 0 unspecified atom stereocenters. The molecule has 17 heavy (non-hydrogen) atoms. The zero-order valence-electron chi connectivity index (χ0n) is 9.60. The van der Waals surface area contributed by atoms with Gasteiger partial charge in [-0.15, -0.1) is 0 Å². The number of nitrogens with two attached hydrogens (primary N) is 1. The molecule has 5 heteroatoms. The second-order valence-corrected chi connectivity index (χ2v) is 4.77. The Bertz CT molecular complexity index is 385.